The number of aromatic nitrogens is 2. The average Bonchev–Trinajstić information content (AvgIpc) is 2.81. The van der Waals surface area contributed by atoms with E-state index in [1.807, 2.05) is 29.0 Å². The molecular weight excluding hydrogens is 238 g/mol. The summed E-state index contributed by atoms with van der Waals surface area (Å²) in [5, 5.41) is 13.6. The number of rotatable bonds is 3. The third kappa shape index (κ3) is 4.97. The van der Waals surface area contributed by atoms with E-state index >= 15 is 0 Å². The molecule has 0 aliphatic heterocycles. The molecule has 1 aromatic carbocycles. The molecule has 2 aromatic rings. The first-order chi connectivity index (χ1) is 8.61. The summed E-state index contributed by atoms with van der Waals surface area (Å²) >= 11 is 0. The zero-order valence-electron chi connectivity index (χ0n) is 9.76. The van der Waals surface area contributed by atoms with Crippen molar-refractivity contribution in [1.29, 1.82) is 0 Å². The summed E-state index contributed by atoms with van der Waals surface area (Å²) < 4.78 is 7.17. The van der Waals surface area contributed by atoms with Gasteiger partial charge in [0.25, 0.3) is 5.09 Å². The Morgan fingerprint density at radius 2 is 2.28 bits per heavy atom. The van der Waals surface area contributed by atoms with Crippen molar-refractivity contribution >= 4 is 0 Å². The standard InChI is InChI=1S/C11H12N2O.HNO3/c1-14-11-4-2-3-10(7-11)8-13-6-5-12-9-13;2-1(3)4/h2-7,9H,8H2,1H3;(H,2,3,4). The molecule has 7 nitrogen and oxygen atoms in total. The minimum atomic E-state index is -1.50. The molecule has 0 spiro atoms. The number of methoxy groups -OCH3 is 1. The van der Waals surface area contributed by atoms with Crippen LogP contribution >= 0.6 is 0 Å². The highest BCUT2D eigenvalue weighted by Gasteiger charge is 1.96. The van der Waals surface area contributed by atoms with Gasteiger partial charge in [0, 0.05) is 18.9 Å². The number of nitrogens with zero attached hydrogens (tertiary/aromatic N) is 3. The van der Waals surface area contributed by atoms with Crippen LogP contribution in [0, 0.1) is 10.1 Å². The molecule has 0 aliphatic rings. The quantitative estimate of drug-likeness (QED) is 0.660. The minimum absolute atomic E-state index is 0.831. The molecule has 1 aromatic heterocycles. The Kier molecular flexibility index (Phi) is 5.17. The first-order valence-electron chi connectivity index (χ1n) is 5.03. The molecule has 0 saturated heterocycles. The molecular formula is C11H13N3O4. The fraction of sp³-hybridized carbons (Fsp3) is 0.182. The number of benzene rings is 1. The van der Waals surface area contributed by atoms with Crippen LogP contribution in [0.1, 0.15) is 5.56 Å². The van der Waals surface area contributed by atoms with E-state index in [1.54, 1.807) is 19.6 Å². The maximum absolute atomic E-state index is 8.36. The van der Waals surface area contributed by atoms with Gasteiger partial charge < -0.3 is 14.5 Å². The first-order valence-corrected chi connectivity index (χ1v) is 5.03. The van der Waals surface area contributed by atoms with E-state index in [0.29, 0.717) is 0 Å². The highest BCUT2D eigenvalue weighted by molar-refractivity contribution is 5.28. The number of ether oxygens (including phenoxy) is 1. The number of hydrogen-bond acceptors (Lipinski definition) is 4. The van der Waals surface area contributed by atoms with Crippen LogP contribution in [0.2, 0.25) is 0 Å². The first kappa shape index (κ1) is 13.5. The second-order valence-electron chi connectivity index (χ2n) is 3.32. The summed E-state index contributed by atoms with van der Waals surface area (Å²) in [6.07, 6.45) is 5.53. The predicted octanol–water partition coefficient (Wildman–Crippen LogP) is 1.59. The molecule has 18 heavy (non-hydrogen) atoms. The van der Waals surface area contributed by atoms with Crippen molar-refractivity contribution in [2.75, 3.05) is 7.11 Å². The van der Waals surface area contributed by atoms with Gasteiger partial charge in [-0.25, -0.2) is 4.98 Å². The zero-order chi connectivity index (χ0) is 13.4. The summed E-state index contributed by atoms with van der Waals surface area (Å²) in [6, 6.07) is 8.03. The third-order valence-corrected chi connectivity index (χ3v) is 2.06. The van der Waals surface area contributed by atoms with Gasteiger partial charge >= 0.3 is 0 Å². The van der Waals surface area contributed by atoms with Crippen LogP contribution < -0.4 is 4.74 Å². The van der Waals surface area contributed by atoms with Crippen molar-refractivity contribution in [3.63, 3.8) is 0 Å². The second-order valence-corrected chi connectivity index (χ2v) is 3.32. The van der Waals surface area contributed by atoms with E-state index in [2.05, 4.69) is 11.1 Å². The third-order valence-electron chi connectivity index (χ3n) is 2.06. The Bertz CT molecular complexity index is 481. The highest BCUT2D eigenvalue weighted by Crippen LogP contribution is 2.13. The predicted molar refractivity (Wildman–Crippen MR) is 63.1 cm³/mol. The largest absolute Gasteiger partial charge is 0.497 e. The fourth-order valence-corrected chi connectivity index (χ4v) is 1.36. The smallest absolute Gasteiger partial charge is 0.291 e. The molecule has 96 valence electrons. The van der Waals surface area contributed by atoms with Gasteiger partial charge in [0.05, 0.1) is 13.4 Å². The molecule has 0 atom stereocenters. The average molecular weight is 251 g/mol. The van der Waals surface area contributed by atoms with E-state index < -0.39 is 5.09 Å². The Morgan fingerprint density at radius 3 is 2.83 bits per heavy atom. The van der Waals surface area contributed by atoms with Gasteiger partial charge in [-0.3, -0.25) is 0 Å². The van der Waals surface area contributed by atoms with Gasteiger partial charge in [-0.1, -0.05) is 12.1 Å². The fourth-order valence-electron chi connectivity index (χ4n) is 1.36. The van der Waals surface area contributed by atoms with Crippen molar-refractivity contribution in [2.45, 2.75) is 6.54 Å². The summed E-state index contributed by atoms with van der Waals surface area (Å²) in [5.74, 6) is 0.891. The van der Waals surface area contributed by atoms with E-state index in [-0.39, 0.29) is 0 Å². The summed E-state index contributed by atoms with van der Waals surface area (Å²) in [7, 11) is 1.68. The molecule has 2 rings (SSSR count). The van der Waals surface area contributed by atoms with Crippen molar-refractivity contribution in [1.82, 2.24) is 9.55 Å². The molecule has 0 bridgehead atoms. The Balaban J connectivity index is 0.000000357. The van der Waals surface area contributed by atoms with Crippen molar-refractivity contribution < 1.29 is 15.0 Å². The van der Waals surface area contributed by atoms with Crippen molar-refractivity contribution in [3.8, 4) is 5.75 Å². The Labute approximate surface area is 103 Å². The van der Waals surface area contributed by atoms with Gasteiger partial charge in [0.15, 0.2) is 0 Å². The van der Waals surface area contributed by atoms with Crippen LogP contribution in [0.25, 0.3) is 0 Å². The van der Waals surface area contributed by atoms with Crippen LogP contribution in [-0.2, 0) is 6.54 Å². The molecule has 0 amide bonds. The molecule has 0 saturated carbocycles. The molecule has 1 heterocycles. The van der Waals surface area contributed by atoms with Crippen molar-refractivity contribution in [2.24, 2.45) is 0 Å². The van der Waals surface area contributed by atoms with Gasteiger partial charge in [-0.05, 0) is 17.7 Å². The van der Waals surface area contributed by atoms with Crippen LogP contribution in [0.4, 0.5) is 0 Å². The van der Waals surface area contributed by atoms with Crippen LogP contribution in [0.5, 0.6) is 5.75 Å². The lowest BCUT2D eigenvalue weighted by molar-refractivity contribution is -0.742. The van der Waals surface area contributed by atoms with Crippen LogP contribution in [-0.4, -0.2) is 27.0 Å². The molecule has 0 aliphatic carbocycles. The summed E-state index contributed by atoms with van der Waals surface area (Å²) in [4.78, 5) is 12.4. The highest BCUT2D eigenvalue weighted by atomic mass is 16.9. The number of imidazole rings is 1. The van der Waals surface area contributed by atoms with Crippen LogP contribution in [0.15, 0.2) is 43.0 Å². The molecule has 0 unspecified atom stereocenters. The van der Waals surface area contributed by atoms with E-state index in [4.69, 9.17) is 20.1 Å². The van der Waals surface area contributed by atoms with Gasteiger partial charge in [-0.2, -0.15) is 0 Å². The summed E-state index contributed by atoms with van der Waals surface area (Å²) in [6.45, 7) is 0.831. The number of hydrogen-bond donors (Lipinski definition) is 1. The molecule has 7 heteroatoms. The SMILES string of the molecule is COc1cccc(Cn2ccnc2)c1.O=[N+]([O-])O. The lowest BCUT2D eigenvalue weighted by Gasteiger charge is -2.04. The van der Waals surface area contributed by atoms with E-state index in [0.717, 1.165) is 12.3 Å². The van der Waals surface area contributed by atoms with Gasteiger partial charge in [-0.15, -0.1) is 10.1 Å². The van der Waals surface area contributed by atoms with Gasteiger partial charge in [0.1, 0.15) is 5.75 Å². The van der Waals surface area contributed by atoms with E-state index in [1.165, 1.54) is 5.56 Å². The zero-order valence-corrected chi connectivity index (χ0v) is 9.76. The molecule has 0 radical (unpaired) electrons. The topological polar surface area (TPSA) is 90.4 Å². The lowest BCUT2D eigenvalue weighted by atomic mass is 10.2. The van der Waals surface area contributed by atoms with Crippen LogP contribution in [0.3, 0.4) is 0 Å². The second kappa shape index (κ2) is 6.89. The van der Waals surface area contributed by atoms with E-state index in [9.17, 15) is 0 Å². The Hall–Kier alpha value is -2.57. The molecule has 0 fully saturated rings. The maximum Gasteiger partial charge on any atom is 0.291 e. The normalized spacial score (nSPS) is 9.17. The monoisotopic (exact) mass is 251 g/mol. The maximum atomic E-state index is 8.36. The van der Waals surface area contributed by atoms with Crippen molar-refractivity contribution in [3.05, 3.63) is 58.7 Å². The lowest BCUT2D eigenvalue weighted by Crippen LogP contribution is -1.96. The molecule has 1 N–H and O–H groups in total. The van der Waals surface area contributed by atoms with Gasteiger partial charge in [0.2, 0.25) is 0 Å². The summed E-state index contributed by atoms with van der Waals surface area (Å²) in [5.41, 5.74) is 1.21. The minimum Gasteiger partial charge on any atom is -0.497 e. The Morgan fingerprint density at radius 1 is 1.56 bits per heavy atom.